The molecule has 0 heterocycles. The van der Waals surface area contributed by atoms with Crippen molar-refractivity contribution in [2.24, 2.45) is 5.92 Å². The Bertz CT molecular complexity index is 326. The largest absolute Gasteiger partial charge is 0.480 e. The van der Waals surface area contributed by atoms with E-state index in [1.54, 1.807) is 11.0 Å². The molecule has 2 unspecified atom stereocenters. The number of rotatable bonds is 7. The third kappa shape index (κ3) is 3.75. The molecule has 0 spiro atoms. The third-order valence-corrected chi connectivity index (χ3v) is 3.33. The zero-order valence-electron chi connectivity index (χ0n) is 11.1. The van der Waals surface area contributed by atoms with Gasteiger partial charge >= 0.3 is 12.0 Å². The maximum Gasteiger partial charge on any atom is 0.326 e. The van der Waals surface area contributed by atoms with Crippen LogP contribution in [-0.2, 0) is 4.79 Å². The summed E-state index contributed by atoms with van der Waals surface area (Å²) in [6.07, 6.45) is 4.35. The summed E-state index contributed by atoms with van der Waals surface area (Å²) in [4.78, 5) is 24.9. The van der Waals surface area contributed by atoms with Gasteiger partial charge in [0, 0.05) is 12.6 Å². The minimum atomic E-state index is -0.980. The monoisotopic (exact) mass is 254 g/mol. The fraction of sp³-hybridized carbons (Fsp3) is 0.692. The molecule has 0 aromatic heterocycles. The van der Waals surface area contributed by atoms with E-state index < -0.39 is 12.0 Å². The maximum atomic E-state index is 12.1. The molecule has 1 aliphatic carbocycles. The summed E-state index contributed by atoms with van der Waals surface area (Å²) in [6.45, 7) is 7.82. The first-order valence-electron chi connectivity index (χ1n) is 6.42. The number of carboxylic acid groups (broad SMARTS) is 1. The van der Waals surface area contributed by atoms with Crippen LogP contribution < -0.4 is 5.32 Å². The standard InChI is InChI=1S/C13H22N2O3/c1-4-8-15(10-6-7-10)13(18)14-11(12(16)17)9(3)5-2/h4,9-11H,1,5-8H2,2-3H3,(H,14,18)(H,16,17). The van der Waals surface area contributed by atoms with Crippen molar-refractivity contribution in [3.63, 3.8) is 0 Å². The Labute approximate surface area is 108 Å². The number of carbonyl (C=O) groups is 2. The molecule has 0 aromatic rings. The minimum absolute atomic E-state index is 0.0868. The van der Waals surface area contributed by atoms with Crippen LogP contribution in [0.1, 0.15) is 33.1 Å². The molecule has 18 heavy (non-hydrogen) atoms. The van der Waals surface area contributed by atoms with Crippen LogP contribution in [0.5, 0.6) is 0 Å². The molecule has 1 saturated carbocycles. The van der Waals surface area contributed by atoms with E-state index in [9.17, 15) is 9.59 Å². The maximum absolute atomic E-state index is 12.1. The van der Waals surface area contributed by atoms with Gasteiger partial charge in [-0.25, -0.2) is 9.59 Å². The lowest BCUT2D eigenvalue weighted by molar-refractivity contribution is -0.140. The number of nitrogens with zero attached hydrogens (tertiary/aromatic N) is 1. The van der Waals surface area contributed by atoms with E-state index in [1.165, 1.54) is 0 Å². The zero-order chi connectivity index (χ0) is 13.7. The van der Waals surface area contributed by atoms with Crippen molar-refractivity contribution in [1.29, 1.82) is 0 Å². The molecule has 1 fully saturated rings. The van der Waals surface area contributed by atoms with E-state index in [1.807, 2.05) is 13.8 Å². The molecule has 102 valence electrons. The van der Waals surface area contributed by atoms with Gasteiger partial charge in [-0.1, -0.05) is 26.3 Å². The Hall–Kier alpha value is -1.52. The van der Waals surface area contributed by atoms with Crippen LogP contribution in [0.15, 0.2) is 12.7 Å². The van der Waals surface area contributed by atoms with E-state index in [4.69, 9.17) is 5.11 Å². The summed E-state index contributed by atoms with van der Waals surface area (Å²) in [7, 11) is 0. The van der Waals surface area contributed by atoms with Crippen LogP contribution in [0, 0.1) is 5.92 Å². The van der Waals surface area contributed by atoms with Crippen molar-refractivity contribution in [2.45, 2.75) is 45.2 Å². The number of carbonyl (C=O) groups excluding carboxylic acids is 1. The lowest BCUT2D eigenvalue weighted by Crippen LogP contribution is -2.51. The molecule has 2 N–H and O–H groups in total. The van der Waals surface area contributed by atoms with Crippen LogP contribution >= 0.6 is 0 Å². The summed E-state index contributed by atoms with van der Waals surface area (Å²) in [6, 6.07) is -0.881. The Morgan fingerprint density at radius 2 is 2.17 bits per heavy atom. The summed E-state index contributed by atoms with van der Waals surface area (Å²) < 4.78 is 0. The fourth-order valence-corrected chi connectivity index (χ4v) is 1.82. The first-order valence-corrected chi connectivity index (χ1v) is 6.42. The number of urea groups is 1. The lowest BCUT2D eigenvalue weighted by Gasteiger charge is -2.26. The molecular weight excluding hydrogens is 232 g/mol. The van der Waals surface area contributed by atoms with Crippen molar-refractivity contribution in [3.05, 3.63) is 12.7 Å². The summed E-state index contributed by atoms with van der Waals surface area (Å²) in [5.41, 5.74) is 0. The third-order valence-electron chi connectivity index (χ3n) is 3.33. The molecule has 0 aromatic carbocycles. The van der Waals surface area contributed by atoms with E-state index in [0.29, 0.717) is 13.0 Å². The molecule has 0 bridgehead atoms. The highest BCUT2D eigenvalue weighted by molar-refractivity contribution is 5.83. The van der Waals surface area contributed by atoms with Gasteiger partial charge in [0.2, 0.25) is 0 Å². The summed E-state index contributed by atoms with van der Waals surface area (Å²) >= 11 is 0. The highest BCUT2D eigenvalue weighted by Gasteiger charge is 2.34. The number of carboxylic acids is 1. The second-order valence-corrected chi connectivity index (χ2v) is 4.82. The molecule has 5 nitrogen and oxygen atoms in total. The van der Waals surface area contributed by atoms with Gasteiger partial charge in [0.25, 0.3) is 0 Å². The van der Waals surface area contributed by atoms with Gasteiger partial charge < -0.3 is 15.3 Å². The average Bonchev–Trinajstić information content (AvgIpc) is 3.15. The van der Waals surface area contributed by atoms with Crippen molar-refractivity contribution >= 4 is 12.0 Å². The van der Waals surface area contributed by atoms with Gasteiger partial charge in [-0.3, -0.25) is 0 Å². The van der Waals surface area contributed by atoms with E-state index in [0.717, 1.165) is 12.8 Å². The zero-order valence-corrected chi connectivity index (χ0v) is 11.1. The molecule has 2 amide bonds. The van der Waals surface area contributed by atoms with E-state index in [2.05, 4.69) is 11.9 Å². The first-order chi connectivity index (χ1) is 8.51. The van der Waals surface area contributed by atoms with Crippen LogP contribution in [0.3, 0.4) is 0 Å². The number of hydrogen-bond acceptors (Lipinski definition) is 2. The second kappa shape index (κ2) is 6.42. The van der Waals surface area contributed by atoms with E-state index >= 15 is 0 Å². The number of hydrogen-bond donors (Lipinski definition) is 2. The normalized spacial score (nSPS) is 17.7. The quantitative estimate of drug-likeness (QED) is 0.681. The predicted molar refractivity (Wildman–Crippen MR) is 69.3 cm³/mol. The lowest BCUT2D eigenvalue weighted by atomic mass is 9.99. The smallest absolute Gasteiger partial charge is 0.326 e. The summed E-state index contributed by atoms with van der Waals surface area (Å²) in [5.74, 6) is -1.07. The Morgan fingerprint density at radius 1 is 1.56 bits per heavy atom. The number of amides is 2. The van der Waals surface area contributed by atoms with Crippen LogP contribution in [0.2, 0.25) is 0 Å². The Morgan fingerprint density at radius 3 is 2.56 bits per heavy atom. The van der Waals surface area contributed by atoms with Crippen LogP contribution in [-0.4, -0.2) is 40.6 Å². The SMILES string of the molecule is C=CCN(C(=O)NC(C(=O)O)C(C)CC)C1CC1. The van der Waals surface area contributed by atoms with Gasteiger partial charge in [-0.2, -0.15) is 0 Å². The topological polar surface area (TPSA) is 69.6 Å². The summed E-state index contributed by atoms with van der Waals surface area (Å²) in [5, 5.41) is 11.7. The molecule has 1 aliphatic rings. The molecule has 0 aliphatic heterocycles. The molecule has 0 radical (unpaired) electrons. The first kappa shape index (κ1) is 14.5. The van der Waals surface area contributed by atoms with Gasteiger partial charge in [0.05, 0.1) is 0 Å². The van der Waals surface area contributed by atoms with Crippen molar-refractivity contribution in [3.8, 4) is 0 Å². The van der Waals surface area contributed by atoms with Gasteiger partial charge in [0.1, 0.15) is 6.04 Å². The van der Waals surface area contributed by atoms with Gasteiger partial charge in [-0.15, -0.1) is 6.58 Å². The minimum Gasteiger partial charge on any atom is -0.480 e. The Kier molecular flexibility index (Phi) is 5.19. The number of nitrogens with one attached hydrogen (secondary N) is 1. The van der Waals surface area contributed by atoms with Crippen molar-refractivity contribution < 1.29 is 14.7 Å². The van der Waals surface area contributed by atoms with Gasteiger partial charge in [0.15, 0.2) is 0 Å². The molecule has 1 rings (SSSR count). The van der Waals surface area contributed by atoms with Crippen LogP contribution in [0.4, 0.5) is 4.79 Å². The molecular formula is C13H22N2O3. The van der Waals surface area contributed by atoms with Crippen LogP contribution in [0.25, 0.3) is 0 Å². The van der Waals surface area contributed by atoms with Crippen molar-refractivity contribution in [2.75, 3.05) is 6.54 Å². The fourth-order valence-electron chi connectivity index (χ4n) is 1.82. The second-order valence-electron chi connectivity index (χ2n) is 4.82. The highest BCUT2D eigenvalue weighted by atomic mass is 16.4. The van der Waals surface area contributed by atoms with Crippen molar-refractivity contribution in [1.82, 2.24) is 10.2 Å². The van der Waals surface area contributed by atoms with E-state index in [-0.39, 0.29) is 18.0 Å². The molecule has 2 atom stereocenters. The Balaban J connectivity index is 2.63. The molecule has 0 saturated heterocycles. The predicted octanol–water partition coefficient (Wildman–Crippen LogP) is 1.85. The van der Waals surface area contributed by atoms with Gasteiger partial charge in [-0.05, 0) is 18.8 Å². The highest BCUT2D eigenvalue weighted by Crippen LogP contribution is 2.26. The molecule has 5 heteroatoms. The number of aliphatic carboxylic acids is 1. The average molecular weight is 254 g/mol.